The normalized spacial score (nSPS) is 20.4. The molecule has 2 aromatic rings. The van der Waals surface area contributed by atoms with Gasteiger partial charge in [0.05, 0.1) is 11.4 Å². The van der Waals surface area contributed by atoms with E-state index in [4.69, 9.17) is 10.1 Å². The maximum Gasteiger partial charge on any atom is 0.354 e. The monoisotopic (exact) mass is 422 g/mol. The maximum absolute atomic E-state index is 12.7. The summed E-state index contributed by atoms with van der Waals surface area (Å²) in [4.78, 5) is 17.5. The standard InChI is InChI=1S/C18H20F2N6O2S/c19-16(20)26-9-5-13(24-26)29(21,28)25-17(27)23-14-10-2-1-3-12(10)22-15-11(14)4-6-18(15)7-8-18/h5,9,16H,1-4,6-8H2,(H3,21,22,23,25,27,28). The van der Waals surface area contributed by atoms with Crippen LogP contribution in [0.3, 0.4) is 0 Å². The van der Waals surface area contributed by atoms with Gasteiger partial charge in [0.25, 0.3) is 0 Å². The Kier molecular flexibility index (Phi) is 4.04. The van der Waals surface area contributed by atoms with Gasteiger partial charge < -0.3 is 5.32 Å². The molecule has 3 N–H and O–H groups in total. The third-order valence-corrected chi connectivity index (χ3v) is 7.32. The number of aryl methyl sites for hydroxylation is 1. The van der Waals surface area contributed by atoms with Crippen molar-refractivity contribution in [2.75, 3.05) is 5.32 Å². The molecule has 0 aromatic carbocycles. The number of amides is 2. The van der Waals surface area contributed by atoms with Crippen molar-refractivity contribution in [2.24, 2.45) is 9.50 Å². The summed E-state index contributed by atoms with van der Waals surface area (Å²) in [5.41, 5.74) is 5.02. The molecule has 2 amide bonds. The molecule has 3 aliphatic carbocycles. The average molecular weight is 422 g/mol. The molecule has 1 atom stereocenters. The molecule has 0 radical (unpaired) electrons. The van der Waals surface area contributed by atoms with Crippen molar-refractivity contribution in [3.05, 3.63) is 34.8 Å². The predicted molar refractivity (Wildman–Crippen MR) is 101 cm³/mol. The van der Waals surface area contributed by atoms with E-state index in [1.165, 1.54) is 0 Å². The molecule has 11 heteroatoms. The van der Waals surface area contributed by atoms with Crippen LogP contribution in [0.25, 0.3) is 0 Å². The molecule has 0 bridgehead atoms. The van der Waals surface area contributed by atoms with Crippen molar-refractivity contribution in [3.63, 3.8) is 0 Å². The van der Waals surface area contributed by atoms with Crippen LogP contribution in [-0.4, -0.2) is 25.0 Å². The van der Waals surface area contributed by atoms with Crippen LogP contribution in [0.15, 0.2) is 21.7 Å². The number of anilines is 1. The van der Waals surface area contributed by atoms with Crippen LogP contribution < -0.4 is 10.5 Å². The van der Waals surface area contributed by atoms with Gasteiger partial charge in [-0.2, -0.15) is 13.9 Å². The molecule has 1 unspecified atom stereocenters. The van der Waals surface area contributed by atoms with Crippen molar-refractivity contribution in [3.8, 4) is 0 Å². The summed E-state index contributed by atoms with van der Waals surface area (Å²) in [6.45, 7) is -2.90. The fourth-order valence-electron chi connectivity index (χ4n) is 4.46. The molecule has 3 aliphatic rings. The van der Waals surface area contributed by atoms with Crippen LogP contribution in [0, 0.1) is 0 Å². The summed E-state index contributed by atoms with van der Waals surface area (Å²) >= 11 is 0. The van der Waals surface area contributed by atoms with E-state index in [1.807, 2.05) is 0 Å². The van der Waals surface area contributed by atoms with Crippen LogP contribution in [-0.2, 0) is 34.6 Å². The molecule has 0 aliphatic heterocycles. The molecule has 1 saturated carbocycles. The summed E-state index contributed by atoms with van der Waals surface area (Å²) in [5.74, 6) is 0. The Hall–Kier alpha value is -2.40. The van der Waals surface area contributed by atoms with Gasteiger partial charge in [0.1, 0.15) is 0 Å². The summed E-state index contributed by atoms with van der Waals surface area (Å²) in [6.07, 6.45) is 7.69. The Bertz CT molecular complexity index is 1150. The minimum Gasteiger partial charge on any atom is -0.305 e. The lowest BCUT2D eigenvalue weighted by atomic mass is 10.0. The minimum atomic E-state index is -3.75. The van der Waals surface area contributed by atoms with E-state index >= 15 is 0 Å². The van der Waals surface area contributed by atoms with Crippen molar-refractivity contribution in [1.82, 2.24) is 14.8 Å². The van der Waals surface area contributed by atoms with Gasteiger partial charge in [-0.3, -0.25) is 4.98 Å². The van der Waals surface area contributed by atoms with Crippen LogP contribution in [0.2, 0.25) is 0 Å². The number of nitrogens with one attached hydrogen (secondary N) is 1. The molecule has 8 nitrogen and oxygen atoms in total. The van der Waals surface area contributed by atoms with Crippen molar-refractivity contribution < 1.29 is 17.8 Å². The molecule has 0 saturated heterocycles. The highest BCUT2D eigenvalue weighted by Crippen LogP contribution is 2.58. The van der Waals surface area contributed by atoms with E-state index in [1.54, 1.807) is 0 Å². The Morgan fingerprint density at radius 3 is 2.76 bits per heavy atom. The number of urea groups is 1. The highest BCUT2D eigenvalue weighted by molar-refractivity contribution is 7.91. The van der Waals surface area contributed by atoms with Gasteiger partial charge >= 0.3 is 12.6 Å². The van der Waals surface area contributed by atoms with Gasteiger partial charge in [-0.25, -0.2) is 18.8 Å². The number of pyridine rings is 1. The van der Waals surface area contributed by atoms with E-state index in [2.05, 4.69) is 14.8 Å². The first-order chi connectivity index (χ1) is 13.8. The maximum atomic E-state index is 12.7. The third kappa shape index (κ3) is 3.03. The third-order valence-electron chi connectivity index (χ3n) is 6.07. The van der Waals surface area contributed by atoms with Crippen LogP contribution >= 0.6 is 0 Å². The number of rotatable bonds is 3. The average Bonchev–Trinajstić information content (AvgIpc) is 3.05. The fraction of sp³-hybridized carbons (Fsp3) is 0.500. The van der Waals surface area contributed by atoms with Gasteiger partial charge in [0.15, 0.2) is 14.9 Å². The van der Waals surface area contributed by atoms with E-state index in [9.17, 15) is 17.8 Å². The van der Waals surface area contributed by atoms with Gasteiger partial charge in [-0.05, 0) is 62.1 Å². The van der Waals surface area contributed by atoms with Gasteiger partial charge in [-0.1, -0.05) is 0 Å². The Morgan fingerprint density at radius 1 is 1.28 bits per heavy atom. The summed E-state index contributed by atoms with van der Waals surface area (Å²) in [7, 11) is -3.75. The van der Waals surface area contributed by atoms with E-state index < -0.39 is 22.5 Å². The molecular formula is C18H20F2N6O2S. The van der Waals surface area contributed by atoms with Gasteiger partial charge in [0.2, 0.25) is 0 Å². The lowest BCUT2D eigenvalue weighted by molar-refractivity contribution is 0.0554. The van der Waals surface area contributed by atoms with Crippen LogP contribution in [0.5, 0.6) is 0 Å². The van der Waals surface area contributed by atoms with Crippen molar-refractivity contribution >= 4 is 21.6 Å². The summed E-state index contributed by atoms with van der Waals surface area (Å²) < 4.78 is 41.9. The van der Waals surface area contributed by atoms with Crippen molar-refractivity contribution in [1.29, 1.82) is 0 Å². The summed E-state index contributed by atoms with van der Waals surface area (Å²) in [6, 6.07) is 0.201. The van der Waals surface area contributed by atoms with Crippen molar-refractivity contribution in [2.45, 2.75) is 61.9 Å². The van der Waals surface area contributed by atoms with Gasteiger partial charge in [-0.15, -0.1) is 4.36 Å². The smallest absolute Gasteiger partial charge is 0.305 e. The zero-order valence-electron chi connectivity index (χ0n) is 15.5. The lowest BCUT2D eigenvalue weighted by Crippen LogP contribution is -2.20. The first-order valence-electron chi connectivity index (χ1n) is 9.53. The zero-order chi connectivity index (χ0) is 20.4. The number of alkyl halides is 2. The Labute approximate surface area is 166 Å². The zero-order valence-corrected chi connectivity index (χ0v) is 16.3. The second kappa shape index (κ2) is 6.30. The minimum absolute atomic E-state index is 0.160. The number of hydrogen-bond acceptors (Lipinski definition) is 4. The first kappa shape index (κ1) is 18.6. The van der Waals surface area contributed by atoms with E-state index in [-0.39, 0.29) is 10.4 Å². The molecule has 154 valence electrons. The molecule has 1 spiro atoms. The largest absolute Gasteiger partial charge is 0.354 e. The number of nitrogens with zero attached hydrogens (tertiary/aromatic N) is 4. The molecular weight excluding hydrogens is 402 g/mol. The number of halogens is 2. The fourth-order valence-corrected chi connectivity index (χ4v) is 5.31. The quantitative estimate of drug-likeness (QED) is 0.791. The highest BCUT2D eigenvalue weighted by Gasteiger charge is 2.51. The number of carbonyl (C=O) groups excluding carboxylic acids is 1. The number of hydrogen-bond donors (Lipinski definition) is 2. The van der Waals surface area contributed by atoms with Crippen LogP contribution in [0.1, 0.15) is 54.7 Å². The molecule has 5 rings (SSSR count). The van der Waals surface area contributed by atoms with E-state index in [0.29, 0.717) is 10.4 Å². The van der Waals surface area contributed by atoms with Gasteiger partial charge in [0, 0.05) is 17.3 Å². The first-order valence-corrected chi connectivity index (χ1v) is 11.1. The highest BCUT2D eigenvalue weighted by atomic mass is 32.2. The molecule has 2 aromatic heterocycles. The molecule has 2 heterocycles. The topological polar surface area (TPSA) is 115 Å². The lowest BCUT2D eigenvalue weighted by Gasteiger charge is -2.16. The number of nitrogens with two attached hydrogens (primary N) is 1. The summed E-state index contributed by atoms with van der Waals surface area (Å²) in [5, 5.41) is 11.5. The van der Waals surface area contributed by atoms with E-state index in [0.717, 1.165) is 79.7 Å². The van der Waals surface area contributed by atoms with Crippen LogP contribution in [0.4, 0.5) is 19.3 Å². The number of carbonyl (C=O) groups is 1. The SMILES string of the molecule is NS(=O)(=NC(=O)Nc1c2c(nc3c1CCC31CC1)CCC2)c1ccn(C(F)F)n1. The predicted octanol–water partition coefficient (Wildman–Crippen LogP) is 3.07. The number of aromatic nitrogens is 3. The second-order valence-electron chi connectivity index (χ2n) is 7.87. The molecule has 29 heavy (non-hydrogen) atoms. The molecule has 1 fully saturated rings. The number of fused-ring (bicyclic) bond motifs is 3. The Morgan fingerprint density at radius 2 is 2.07 bits per heavy atom. The second-order valence-corrected chi connectivity index (χ2v) is 9.61. The Balaban J connectivity index is 1.48.